The van der Waals surface area contributed by atoms with Gasteiger partial charge in [0.05, 0.1) is 5.97 Å². The molecule has 0 radical (unpaired) electrons. The Hall–Kier alpha value is -5.91. The number of benzene rings is 6. The van der Waals surface area contributed by atoms with Gasteiger partial charge in [0.15, 0.2) is 11.6 Å². The standard InChI is InChI=1S/C52H52N2O6.Li/c1-4-12-37-18-22-41(23-19-37)43-26-30-45(31-27-43)52(59,46-32-28-44(29-33-46)42-24-20-38(13-5-2)21-25-42)36(3)60-50(57)48-47(49(55)56)53(34-39-14-8-6-9-15-39)51(58)54(48)35-40-16-10-7-11-17-40;/h6-11,14-33,36,47-48,59H,4-5,12-13,34-35H2,1-3H3,(H,55,56);/q;+1/p-1/t36-,47-,48+;/m0./s1. The van der Waals surface area contributed by atoms with E-state index in [0.29, 0.717) is 22.3 Å². The molecule has 0 aromatic heterocycles. The van der Waals surface area contributed by atoms with Crippen molar-refractivity contribution in [2.75, 3.05) is 0 Å². The predicted octanol–water partition coefficient (Wildman–Crippen LogP) is 5.72. The number of aliphatic hydroxyl groups is 1. The molecule has 0 bridgehead atoms. The van der Waals surface area contributed by atoms with E-state index in [1.807, 2.05) is 72.8 Å². The van der Waals surface area contributed by atoms with Gasteiger partial charge < -0.3 is 29.5 Å². The Morgan fingerprint density at radius 3 is 1.31 bits per heavy atom. The van der Waals surface area contributed by atoms with E-state index in [0.717, 1.165) is 52.8 Å². The van der Waals surface area contributed by atoms with Crippen molar-refractivity contribution in [1.29, 1.82) is 0 Å². The van der Waals surface area contributed by atoms with Gasteiger partial charge in [-0.2, -0.15) is 0 Å². The minimum absolute atomic E-state index is 0. The summed E-state index contributed by atoms with van der Waals surface area (Å²) in [6, 6.07) is 46.0. The summed E-state index contributed by atoms with van der Waals surface area (Å²) in [5, 5.41) is 26.0. The minimum Gasteiger partial charge on any atom is -0.548 e. The Labute approximate surface area is 371 Å². The average Bonchev–Trinajstić information content (AvgIpc) is 3.54. The molecule has 1 aliphatic rings. The summed E-state index contributed by atoms with van der Waals surface area (Å²) in [6.07, 6.45) is 2.87. The maximum absolute atomic E-state index is 14.6. The molecule has 0 aliphatic carbocycles. The summed E-state index contributed by atoms with van der Waals surface area (Å²) in [7, 11) is 0. The number of hydrogen-bond acceptors (Lipinski definition) is 6. The number of urea groups is 1. The second kappa shape index (κ2) is 20.1. The van der Waals surface area contributed by atoms with Crippen molar-refractivity contribution in [2.24, 2.45) is 0 Å². The van der Waals surface area contributed by atoms with E-state index in [9.17, 15) is 24.6 Å². The molecule has 7 rings (SSSR count). The van der Waals surface area contributed by atoms with E-state index in [2.05, 4.69) is 62.4 Å². The predicted molar refractivity (Wildman–Crippen MR) is 232 cm³/mol. The largest absolute Gasteiger partial charge is 1.00 e. The maximum Gasteiger partial charge on any atom is 1.00 e. The van der Waals surface area contributed by atoms with Crippen LogP contribution in [0.15, 0.2) is 158 Å². The third-order valence-corrected chi connectivity index (χ3v) is 11.5. The van der Waals surface area contributed by atoms with Crippen LogP contribution >= 0.6 is 0 Å². The zero-order chi connectivity index (χ0) is 42.2. The number of esters is 1. The van der Waals surface area contributed by atoms with E-state index in [1.54, 1.807) is 43.3 Å². The van der Waals surface area contributed by atoms with Crippen LogP contribution in [0.1, 0.15) is 67.0 Å². The van der Waals surface area contributed by atoms with Gasteiger partial charge in [-0.1, -0.05) is 184 Å². The van der Waals surface area contributed by atoms with Crippen molar-refractivity contribution < 1.29 is 48.2 Å². The summed E-state index contributed by atoms with van der Waals surface area (Å²) < 4.78 is 6.20. The maximum atomic E-state index is 14.6. The molecule has 1 aliphatic heterocycles. The number of nitrogens with zero attached hydrogens (tertiary/aromatic N) is 2. The molecule has 6 aromatic rings. The first-order chi connectivity index (χ1) is 29.1. The Morgan fingerprint density at radius 2 is 0.951 bits per heavy atom. The molecule has 8 nitrogen and oxygen atoms in total. The molecule has 9 heteroatoms. The third-order valence-electron chi connectivity index (χ3n) is 11.5. The van der Waals surface area contributed by atoms with Crippen LogP contribution in [-0.2, 0) is 45.9 Å². The molecule has 61 heavy (non-hydrogen) atoms. The van der Waals surface area contributed by atoms with Gasteiger partial charge in [0.2, 0.25) is 0 Å². The minimum atomic E-state index is -1.89. The number of hydrogen-bond donors (Lipinski definition) is 1. The summed E-state index contributed by atoms with van der Waals surface area (Å²) in [6.45, 7) is 5.79. The zero-order valence-corrected chi connectivity index (χ0v) is 35.4. The number of carboxylic acids is 1. The molecule has 306 valence electrons. The number of rotatable bonds is 16. The molecule has 3 atom stereocenters. The first-order valence-corrected chi connectivity index (χ1v) is 20.8. The van der Waals surface area contributed by atoms with E-state index >= 15 is 0 Å². The molecule has 0 saturated carbocycles. The van der Waals surface area contributed by atoms with E-state index in [4.69, 9.17) is 4.74 Å². The molecule has 1 saturated heterocycles. The van der Waals surface area contributed by atoms with E-state index in [1.165, 1.54) is 16.0 Å². The van der Waals surface area contributed by atoms with Crippen LogP contribution in [0.2, 0.25) is 0 Å². The molecular formula is C52H51LiN2O6. The number of amides is 2. The third kappa shape index (κ3) is 9.85. The van der Waals surface area contributed by atoms with Gasteiger partial charge in [0.1, 0.15) is 12.1 Å². The Kier molecular flexibility index (Phi) is 14.7. The van der Waals surface area contributed by atoms with E-state index < -0.39 is 41.8 Å². The average molecular weight is 807 g/mol. The number of ether oxygens (including phenoxy) is 1. The monoisotopic (exact) mass is 806 g/mol. The fraction of sp³-hybridized carbons (Fsp3) is 0.250. The van der Waals surface area contributed by atoms with Gasteiger partial charge in [-0.3, -0.25) is 0 Å². The smallest absolute Gasteiger partial charge is 0.548 e. The summed E-state index contributed by atoms with van der Waals surface area (Å²) in [5.41, 5.74) is 6.91. The SMILES string of the molecule is CCCc1ccc(-c2ccc(C(O)(c3ccc(-c4ccc(CCC)cc4)cc3)[C@H](C)OC(=O)[C@H]3[C@@H](C(=O)[O-])N(Cc4ccccc4)C(=O)N3Cc3ccccc3)cc2)cc1.[Li+]. The topological polar surface area (TPSA) is 110 Å². The van der Waals surface area contributed by atoms with Crippen LogP contribution in [0.3, 0.4) is 0 Å². The molecule has 2 amide bonds. The van der Waals surface area contributed by atoms with Gasteiger partial charge in [0.25, 0.3) is 0 Å². The molecule has 1 heterocycles. The Balaban J connectivity index is 0.00000622. The van der Waals surface area contributed by atoms with Crippen LogP contribution in [0.5, 0.6) is 0 Å². The quantitative estimate of drug-likeness (QED) is 0.0991. The van der Waals surface area contributed by atoms with Crippen molar-refractivity contribution in [1.82, 2.24) is 9.80 Å². The van der Waals surface area contributed by atoms with Crippen molar-refractivity contribution in [3.8, 4) is 22.3 Å². The van der Waals surface area contributed by atoms with Gasteiger partial charge in [0, 0.05) is 13.1 Å². The molecule has 6 aromatic carbocycles. The van der Waals surface area contributed by atoms with Crippen molar-refractivity contribution in [3.63, 3.8) is 0 Å². The van der Waals surface area contributed by atoms with Crippen LogP contribution < -0.4 is 24.0 Å². The number of carbonyl (C=O) groups is 3. The van der Waals surface area contributed by atoms with Crippen LogP contribution in [-0.4, -0.2) is 51.1 Å². The molecular weight excluding hydrogens is 756 g/mol. The molecule has 0 unspecified atom stereocenters. The number of aryl methyl sites for hydroxylation is 2. The first kappa shape index (κ1) is 44.6. The molecule has 0 spiro atoms. The van der Waals surface area contributed by atoms with Crippen molar-refractivity contribution in [2.45, 2.75) is 83.3 Å². The Bertz CT molecular complexity index is 2280. The van der Waals surface area contributed by atoms with Gasteiger partial charge in [-0.25, -0.2) is 9.59 Å². The summed E-state index contributed by atoms with van der Waals surface area (Å²) >= 11 is 0. The van der Waals surface area contributed by atoms with Gasteiger partial charge in [-0.15, -0.1) is 0 Å². The first-order valence-electron chi connectivity index (χ1n) is 20.8. The Morgan fingerprint density at radius 1 is 0.590 bits per heavy atom. The number of carbonyl (C=O) groups excluding carboxylic acids is 3. The van der Waals surface area contributed by atoms with Gasteiger partial charge >= 0.3 is 30.9 Å². The van der Waals surface area contributed by atoms with Gasteiger partial charge in [-0.05, 0) is 75.4 Å². The van der Waals surface area contributed by atoms with Crippen molar-refractivity contribution >= 4 is 18.0 Å². The number of aliphatic carboxylic acids is 1. The molecule has 1 N–H and O–H groups in total. The van der Waals surface area contributed by atoms with Crippen LogP contribution in [0.4, 0.5) is 4.79 Å². The van der Waals surface area contributed by atoms with E-state index in [-0.39, 0.29) is 32.0 Å². The normalized spacial score (nSPS) is 15.6. The van der Waals surface area contributed by atoms with Crippen LogP contribution in [0, 0.1) is 0 Å². The fourth-order valence-electron chi connectivity index (χ4n) is 8.25. The summed E-state index contributed by atoms with van der Waals surface area (Å²) in [4.78, 5) is 44.2. The molecule has 1 fully saturated rings. The number of carboxylic acid groups (broad SMARTS) is 1. The zero-order valence-electron chi connectivity index (χ0n) is 35.4. The fourth-order valence-corrected chi connectivity index (χ4v) is 8.25. The summed E-state index contributed by atoms with van der Waals surface area (Å²) in [5.74, 6) is -2.56. The van der Waals surface area contributed by atoms with Crippen LogP contribution in [0.25, 0.3) is 22.3 Å². The second-order valence-corrected chi connectivity index (χ2v) is 15.6. The van der Waals surface area contributed by atoms with Crippen molar-refractivity contribution in [3.05, 3.63) is 191 Å². The second-order valence-electron chi connectivity index (χ2n) is 15.6.